The van der Waals surface area contributed by atoms with Gasteiger partial charge in [-0.2, -0.15) is 0 Å². The lowest BCUT2D eigenvalue weighted by Crippen LogP contribution is -2.37. The van der Waals surface area contributed by atoms with E-state index in [9.17, 15) is 4.79 Å². The zero-order valence-corrected chi connectivity index (χ0v) is 10.9. The first-order valence-electron chi connectivity index (χ1n) is 6.33. The second-order valence-electron chi connectivity index (χ2n) is 4.95. The molecule has 0 spiro atoms. The van der Waals surface area contributed by atoms with Crippen LogP contribution in [0, 0.1) is 19.8 Å². The van der Waals surface area contributed by atoms with E-state index in [2.05, 4.69) is 14.9 Å². The van der Waals surface area contributed by atoms with E-state index < -0.39 is 5.97 Å². The second-order valence-corrected chi connectivity index (χ2v) is 4.95. The minimum atomic E-state index is -0.715. The fraction of sp³-hybridized carbons (Fsp3) is 0.615. The van der Waals surface area contributed by atoms with E-state index in [0.717, 1.165) is 43.1 Å². The Morgan fingerprint density at radius 1 is 1.50 bits per heavy atom. The Morgan fingerprint density at radius 2 is 2.28 bits per heavy atom. The summed E-state index contributed by atoms with van der Waals surface area (Å²) in [6.45, 7) is 5.59. The maximum absolute atomic E-state index is 10.8. The van der Waals surface area contributed by atoms with Crippen molar-refractivity contribution in [2.45, 2.75) is 33.1 Å². The normalized spacial score (nSPS) is 19.9. The molecule has 0 amide bonds. The molecule has 0 saturated carbocycles. The largest absolute Gasteiger partial charge is 0.481 e. The molecule has 1 aromatic rings. The molecule has 18 heavy (non-hydrogen) atoms. The molecule has 1 aliphatic rings. The number of nitrogens with zero attached hydrogens (tertiary/aromatic N) is 3. The zero-order valence-electron chi connectivity index (χ0n) is 10.9. The Bertz CT molecular complexity index is 448. The summed E-state index contributed by atoms with van der Waals surface area (Å²) in [5.41, 5.74) is 1.88. The van der Waals surface area contributed by atoms with Gasteiger partial charge in [0.15, 0.2) is 0 Å². The number of hydrogen-bond acceptors (Lipinski definition) is 4. The first-order chi connectivity index (χ1) is 8.56. The van der Waals surface area contributed by atoms with Crippen molar-refractivity contribution in [1.82, 2.24) is 9.97 Å². The van der Waals surface area contributed by atoms with Crippen LogP contribution >= 0.6 is 0 Å². The summed E-state index contributed by atoms with van der Waals surface area (Å²) in [6, 6.07) is 0. The lowest BCUT2D eigenvalue weighted by atomic mass is 9.95. The van der Waals surface area contributed by atoms with Gasteiger partial charge >= 0.3 is 5.97 Å². The summed E-state index contributed by atoms with van der Waals surface area (Å²) in [5.74, 6) is 0.376. The van der Waals surface area contributed by atoms with Crippen molar-refractivity contribution in [3.8, 4) is 0 Å². The van der Waals surface area contributed by atoms with Crippen LogP contribution in [-0.2, 0) is 4.79 Å². The van der Waals surface area contributed by atoms with Crippen molar-refractivity contribution in [3.05, 3.63) is 17.6 Å². The average Bonchev–Trinajstić information content (AvgIpc) is 2.32. The number of rotatable bonds is 3. The Kier molecular flexibility index (Phi) is 3.79. The van der Waals surface area contributed by atoms with E-state index in [4.69, 9.17) is 5.11 Å². The third kappa shape index (κ3) is 2.97. The third-order valence-electron chi connectivity index (χ3n) is 3.49. The van der Waals surface area contributed by atoms with E-state index in [1.807, 2.05) is 13.8 Å². The molecular weight excluding hydrogens is 230 g/mol. The highest BCUT2D eigenvalue weighted by molar-refractivity contribution is 5.67. The van der Waals surface area contributed by atoms with E-state index >= 15 is 0 Å². The first-order valence-corrected chi connectivity index (χ1v) is 6.33. The monoisotopic (exact) mass is 249 g/mol. The van der Waals surface area contributed by atoms with E-state index in [-0.39, 0.29) is 12.3 Å². The molecule has 5 heteroatoms. The number of carboxylic acids is 1. The molecular formula is C13H19N3O2. The van der Waals surface area contributed by atoms with Crippen molar-refractivity contribution < 1.29 is 9.90 Å². The van der Waals surface area contributed by atoms with Crippen LogP contribution in [0.2, 0.25) is 0 Å². The lowest BCUT2D eigenvalue weighted by Gasteiger charge is -2.32. The molecule has 1 aromatic heterocycles. The van der Waals surface area contributed by atoms with Crippen molar-refractivity contribution in [3.63, 3.8) is 0 Å². The highest BCUT2D eigenvalue weighted by atomic mass is 16.4. The number of aromatic nitrogens is 2. The Labute approximate surface area is 107 Å². The van der Waals surface area contributed by atoms with Gasteiger partial charge in [-0.3, -0.25) is 9.78 Å². The van der Waals surface area contributed by atoms with Gasteiger partial charge in [0.1, 0.15) is 5.82 Å². The van der Waals surface area contributed by atoms with Crippen LogP contribution in [0.3, 0.4) is 0 Å². The maximum Gasteiger partial charge on any atom is 0.303 e. The number of piperidine rings is 1. The Morgan fingerprint density at radius 3 is 2.94 bits per heavy atom. The van der Waals surface area contributed by atoms with Crippen molar-refractivity contribution in [2.24, 2.45) is 5.92 Å². The number of aryl methyl sites for hydroxylation is 2. The van der Waals surface area contributed by atoms with E-state index in [1.165, 1.54) is 0 Å². The van der Waals surface area contributed by atoms with Crippen molar-refractivity contribution >= 4 is 11.8 Å². The minimum Gasteiger partial charge on any atom is -0.481 e. The molecule has 0 radical (unpaired) electrons. The standard InChI is InChI=1S/C13H19N3O2/c1-9-10(2)15-12(7-14-9)16-5-3-4-11(8-16)6-13(17)18/h7,11H,3-6,8H2,1-2H3,(H,17,18). The molecule has 0 aliphatic carbocycles. The summed E-state index contributed by atoms with van der Waals surface area (Å²) in [7, 11) is 0. The third-order valence-corrected chi connectivity index (χ3v) is 3.49. The molecule has 0 aromatic carbocycles. The summed E-state index contributed by atoms with van der Waals surface area (Å²) >= 11 is 0. The van der Waals surface area contributed by atoms with E-state index in [0.29, 0.717) is 0 Å². The topological polar surface area (TPSA) is 66.3 Å². The summed E-state index contributed by atoms with van der Waals surface area (Å²) in [4.78, 5) is 21.8. The number of carbonyl (C=O) groups is 1. The van der Waals surface area contributed by atoms with Crippen molar-refractivity contribution in [1.29, 1.82) is 0 Å². The molecule has 1 N–H and O–H groups in total. The summed E-state index contributed by atoms with van der Waals surface area (Å²) in [5, 5.41) is 8.86. The molecule has 0 bridgehead atoms. The van der Waals surface area contributed by atoms with Crippen LogP contribution in [0.1, 0.15) is 30.7 Å². The van der Waals surface area contributed by atoms with Gasteiger partial charge in [-0.05, 0) is 32.6 Å². The van der Waals surface area contributed by atoms with Gasteiger partial charge in [0.2, 0.25) is 0 Å². The van der Waals surface area contributed by atoms with Gasteiger partial charge in [0.05, 0.1) is 17.6 Å². The summed E-state index contributed by atoms with van der Waals surface area (Å²) in [6.07, 6.45) is 4.04. The molecule has 2 rings (SSSR count). The fourth-order valence-electron chi connectivity index (χ4n) is 2.37. The molecule has 2 heterocycles. The number of hydrogen-bond donors (Lipinski definition) is 1. The van der Waals surface area contributed by atoms with Gasteiger partial charge < -0.3 is 10.0 Å². The molecule has 1 aliphatic heterocycles. The smallest absolute Gasteiger partial charge is 0.303 e. The molecule has 1 unspecified atom stereocenters. The summed E-state index contributed by atoms with van der Waals surface area (Å²) < 4.78 is 0. The molecule has 98 valence electrons. The van der Waals surface area contributed by atoms with Gasteiger partial charge in [0.25, 0.3) is 0 Å². The predicted molar refractivity (Wildman–Crippen MR) is 68.7 cm³/mol. The molecule has 1 saturated heterocycles. The van der Waals surface area contributed by atoms with Crippen LogP contribution in [0.15, 0.2) is 6.20 Å². The van der Waals surface area contributed by atoms with Crippen LogP contribution in [-0.4, -0.2) is 34.1 Å². The van der Waals surface area contributed by atoms with Crippen LogP contribution in [0.4, 0.5) is 5.82 Å². The predicted octanol–water partition coefficient (Wildman–Crippen LogP) is 1.78. The fourth-order valence-corrected chi connectivity index (χ4v) is 2.37. The van der Waals surface area contributed by atoms with Crippen LogP contribution in [0.5, 0.6) is 0 Å². The Balaban J connectivity index is 2.08. The minimum absolute atomic E-state index is 0.222. The average molecular weight is 249 g/mol. The first kappa shape index (κ1) is 12.8. The van der Waals surface area contributed by atoms with Gasteiger partial charge in [-0.25, -0.2) is 4.98 Å². The second kappa shape index (κ2) is 5.33. The maximum atomic E-state index is 10.8. The van der Waals surface area contributed by atoms with Gasteiger partial charge in [0, 0.05) is 19.5 Å². The number of aliphatic carboxylic acids is 1. The lowest BCUT2D eigenvalue weighted by molar-refractivity contribution is -0.138. The Hall–Kier alpha value is -1.65. The SMILES string of the molecule is Cc1ncc(N2CCCC(CC(=O)O)C2)nc1C. The van der Waals surface area contributed by atoms with Gasteiger partial charge in [-0.1, -0.05) is 0 Å². The number of anilines is 1. The molecule has 1 atom stereocenters. The number of carboxylic acid groups (broad SMARTS) is 1. The zero-order chi connectivity index (χ0) is 13.1. The highest BCUT2D eigenvalue weighted by Gasteiger charge is 2.23. The van der Waals surface area contributed by atoms with Crippen molar-refractivity contribution in [2.75, 3.05) is 18.0 Å². The van der Waals surface area contributed by atoms with Gasteiger partial charge in [-0.15, -0.1) is 0 Å². The molecule has 1 fully saturated rings. The highest BCUT2D eigenvalue weighted by Crippen LogP contribution is 2.23. The van der Waals surface area contributed by atoms with Crippen LogP contribution < -0.4 is 4.90 Å². The molecule has 5 nitrogen and oxygen atoms in total. The quantitative estimate of drug-likeness (QED) is 0.884. The van der Waals surface area contributed by atoms with E-state index in [1.54, 1.807) is 6.20 Å². The van der Waals surface area contributed by atoms with Crippen LogP contribution in [0.25, 0.3) is 0 Å².